The van der Waals surface area contributed by atoms with Crippen LogP contribution in [-0.2, 0) is 4.74 Å². The van der Waals surface area contributed by atoms with Crippen molar-refractivity contribution in [3.63, 3.8) is 0 Å². The summed E-state index contributed by atoms with van der Waals surface area (Å²) in [6.07, 6.45) is 0. The van der Waals surface area contributed by atoms with Crippen LogP contribution in [0.1, 0.15) is 19.7 Å². The number of fused-ring (bicyclic) bond motifs is 1. The zero-order valence-corrected chi connectivity index (χ0v) is 11.9. The highest BCUT2D eigenvalue weighted by molar-refractivity contribution is 5.80. The summed E-state index contributed by atoms with van der Waals surface area (Å²) in [6, 6.07) is 3.96. The highest BCUT2D eigenvalue weighted by Crippen LogP contribution is 2.17. The van der Waals surface area contributed by atoms with E-state index in [1.165, 1.54) is 18.2 Å². The van der Waals surface area contributed by atoms with Crippen molar-refractivity contribution in [2.45, 2.75) is 20.8 Å². The zero-order chi connectivity index (χ0) is 15.6. The van der Waals surface area contributed by atoms with Gasteiger partial charge in [0.05, 0.1) is 22.4 Å². The minimum Gasteiger partial charge on any atom is -0.480 e. The molecule has 110 valence electrons. The largest absolute Gasteiger partial charge is 0.480 e. The van der Waals surface area contributed by atoms with Crippen molar-refractivity contribution < 1.29 is 9.66 Å². The molecule has 0 radical (unpaired) electrons. The van der Waals surface area contributed by atoms with Gasteiger partial charge in [0, 0.05) is 19.1 Å². The van der Waals surface area contributed by atoms with Gasteiger partial charge >= 0.3 is 0 Å². The maximum absolute atomic E-state index is 12.4. The first-order valence-electron chi connectivity index (χ1n) is 6.30. The van der Waals surface area contributed by atoms with E-state index in [4.69, 9.17) is 4.74 Å². The molecule has 0 aliphatic carbocycles. The predicted octanol–water partition coefficient (Wildman–Crippen LogP) is 1.83. The molecule has 0 saturated carbocycles. The molecule has 0 amide bonds. The van der Waals surface area contributed by atoms with Crippen LogP contribution in [0.25, 0.3) is 10.9 Å². The highest BCUT2D eigenvalue weighted by Gasteiger charge is 2.13. The smallest absolute Gasteiger partial charge is 0.282 e. The summed E-state index contributed by atoms with van der Waals surface area (Å²) < 4.78 is 6.26. The van der Waals surface area contributed by atoms with E-state index in [-0.39, 0.29) is 11.1 Å². The van der Waals surface area contributed by atoms with E-state index in [1.54, 1.807) is 20.8 Å². The minimum absolute atomic E-state index is 0.142. The fourth-order valence-electron chi connectivity index (χ4n) is 1.89. The third kappa shape index (κ3) is 2.88. The van der Waals surface area contributed by atoms with E-state index < -0.39 is 10.5 Å². The number of non-ortho nitro benzene ring substituents is 1. The van der Waals surface area contributed by atoms with Crippen LogP contribution in [0.5, 0.6) is 0 Å². The van der Waals surface area contributed by atoms with Crippen LogP contribution < -0.4 is 5.56 Å². The molecule has 21 heavy (non-hydrogen) atoms. The van der Waals surface area contributed by atoms with Crippen molar-refractivity contribution in [2.24, 2.45) is 5.10 Å². The molecular formula is C13H14N4O4. The molecule has 8 nitrogen and oxygen atoms in total. The van der Waals surface area contributed by atoms with Crippen molar-refractivity contribution in [1.82, 2.24) is 9.66 Å². The first-order valence-corrected chi connectivity index (χ1v) is 6.30. The highest BCUT2D eigenvalue weighted by atomic mass is 16.6. The molecule has 2 rings (SSSR count). The molecule has 0 bridgehead atoms. The number of rotatable bonds is 3. The molecular weight excluding hydrogens is 276 g/mol. The Morgan fingerprint density at radius 3 is 2.86 bits per heavy atom. The molecule has 1 heterocycles. The molecule has 0 unspecified atom stereocenters. The van der Waals surface area contributed by atoms with Crippen LogP contribution in [0, 0.1) is 17.0 Å². The molecule has 0 atom stereocenters. The summed E-state index contributed by atoms with van der Waals surface area (Å²) >= 11 is 0. The lowest BCUT2D eigenvalue weighted by Gasteiger charge is -2.07. The van der Waals surface area contributed by atoms with Gasteiger partial charge in [-0.2, -0.15) is 4.68 Å². The molecule has 1 aromatic heterocycles. The Balaban J connectivity index is 2.70. The molecule has 0 spiro atoms. The summed E-state index contributed by atoms with van der Waals surface area (Å²) in [6.45, 7) is 5.48. The van der Waals surface area contributed by atoms with Gasteiger partial charge in [-0.15, -0.1) is 5.10 Å². The maximum atomic E-state index is 12.4. The van der Waals surface area contributed by atoms with Crippen LogP contribution in [0.3, 0.4) is 0 Å². The number of benzene rings is 1. The third-order valence-corrected chi connectivity index (χ3v) is 2.80. The molecule has 0 N–H and O–H groups in total. The average Bonchev–Trinajstić information content (AvgIpc) is 2.43. The summed E-state index contributed by atoms with van der Waals surface area (Å²) in [7, 11) is 0. The Hall–Kier alpha value is -2.77. The third-order valence-electron chi connectivity index (χ3n) is 2.80. The number of aryl methyl sites for hydroxylation is 1. The lowest BCUT2D eigenvalue weighted by Crippen LogP contribution is -2.22. The van der Waals surface area contributed by atoms with E-state index in [9.17, 15) is 14.9 Å². The summed E-state index contributed by atoms with van der Waals surface area (Å²) in [5.74, 6) is 0.690. The van der Waals surface area contributed by atoms with Crippen LogP contribution in [0.4, 0.5) is 5.69 Å². The number of ether oxygens (including phenoxy) is 1. The SMILES string of the molecule is CCO/C(C)=N/n1c(C)nc2ccc([N+](=O)[O-])cc2c1=O. The Bertz CT molecular complexity index is 795. The lowest BCUT2D eigenvalue weighted by molar-refractivity contribution is -0.384. The summed E-state index contributed by atoms with van der Waals surface area (Å²) in [4.78, 5) is 26.9. The second-order valence-electron chi connectivity index (χ2n) is 4.29. The van der Waals surface area contributed by atoms with Gasteiger partial charge in [-0.3, -0.25) is 14.9 Å². The molecule has 0 saturated heterocycles. The fourth-order valence-corrected chi connectivity index (χ4v) is 1.89. The Morgan fingerprint density at radius 2 is 2.24 bits per heavy atom. The molecule has 0 aliphatic heterocycles. The topological polar surface area (TPSA) is 99.6 Å². The van der Waals surface area contributed by atoms with Crippen LogP contribution in [0.15, 0.2) is 28.1 Å². The van der Waals surface area contributed by atoms with Crippen LogP contribution in [0.2, 0.25) is 0 Å². The monoisotopic (exact) mass is 290 g/mol. The van der Waals surface area contributed by atoms with Crippen LogP contribution >= 0.6 is 0 Å². The second-order valence-corrected chi connectivity index (χ2v) is 4.29. The van der Waals surface area contributed by atoms with Crippen molar-refractivity contribution in [3.05, 3.63) is 44.5 Å². The lowest BCUT2D eigenvalue weighted by atomic mass is 10.2. The van der Waals surface area contributed by atoms with Gasteiger partial charge in [0.25, 0.3) is 11.2 Å². The van der Waals surface area contributed by atoms with Gasteiger partial charge in [-0.05, 0) is 19.9 Å². The molecule has 1 aromatic carbocycles. The van der Waals surface area contributed by atoms with Crippen molar-refractivity contribution >= 4 is 22.5 Å². The Labute approximate surface area is 119 Å². The second kappa shape index (κ2) is 5.70. The van der Waals surface area contributed by atoms with Gasteiger partial charge < -0.3 is 4.74 Å². The molecule has 8 heteroatoms. The number of hydrogen-bond donors (Lipinski definition) is 0. The van der Waals surface area contributed by atoms with Crippen molar-refractivity contribution in [3.8, 4) is 0 Å². The summed E-state index contributed by atoms with van der Waals surface area (Å²) in [5.41, 5.74) is -0.244. The average molecular weight is 290 g/mol. The Morgan fingerprint density at radius 1 is 1.52 bits per heavy atom. The van der Waals surface area contributed by atoms with E-state index in [0.29, 0.717) is 23.8 Å². The van der Waals surface area contributed by atoms with E-state index in [2.05, 4.69) is 10.1 Å². The summed E-state index contributed by atoms with van der Waals surface area (Å²) in [5, 5.41) is 15.0. The predicted molar refractivity (Wildman–Crippen MR) is 77.5 cm³/mol. The number of hydrogen-bond acceptors (Lipinski definition) is 6. The van der Waals surface area contributed by atoms with Gasteiger partial charge in [-0.25, -0.2) is 4.98 Å². The fraction of sp³-hybridized carbons (Fsp3) is 0.308. The number of nitrogens with zero attached hydrogens (tertiary/aromatic N) is 4. The molecule has 0 aliphatic rings. The molecule has 2 aromatic rings. The maximum Gasteiger partial charge on any atom is 0.282 e. The first-order chi connectivity index (χ1) is 9.93. The van der Waals surface area contributed by atoms with E-state index >= 15 is 0 Å². The number of aromatic nitrogens is 2. The first kappa shape index (κ1) is 14.6. The van der Waals surface area contributed by atoms with E-state index in [1.807, 2.05) is 0 Å². The minimum atomic E-state index is -0.558. The van der Waals surface area contributed by atoms with Crippen molar-refractivity contribution in [1.29, 1.82) is 0 Å². The number of nitro groups is 1. The normalized spacial score (nSPS) is 11.7. The van der Waals surface area contributed by atoms with Crippen LogP contribution in [-0.4, -0.2) is 27.1 Å². The number of nitro benzene ring substituents is 1. The van der Waals surface area contributed by atoms with Gasteiger partial charge in [-0.1, -0.05) is 0 Å². The van der Waals surface area contributed by atoms with Gasteiger partial charge in [0.15, 0.2) is 0 Å². The molecule has 0 fully saturated rings. The quantitative estimate of drug-likeness (QED) is 0.371. The van der Waals surface area contributed by atoms with E-state index in [0.717, 1.165) is 4.68 Å². The zero-order valence-electron chi connectivity index (χ0n) is 11.9. The van der Waals surface area contributed by atoms with Gasteiger partial charge in [0.1, 0.15) is 5.82 Å². The van der Waals surface area contributed by atoms with Gasteiger partial charge in [0.2, 0.25) is 5.90 Å². The standard InChI is InChI=1S/C13H14N4O4/c1-4-21-9(3)15-16-8(2)14-12-6-5-10(17(19)20)7-11(12)13(16)18/h5-7H,4H2,1-3H3/b15-9+. The Kier molecular flexibility index (Phi) is 3.97. The van der Waals surface area contributed by atoms with Crippen molar-refractivity contribution in [2.75, 3.05) is 6.61 Å².